The van der Waals surface area contributed by atoms with Crippen LogP contribution in [0.1, 0.15) is 22.8 Å². The second-order valence-corrected chi connectivity index (χ2v) is 11.7. The number of pyridine rings is 1. The lowest BCUT2D eigenvalue weighted by molar-refractivity contribution is 0.101. The van der Waals surface area contributed by atoms with Crippen LogP contribution in [0.2, 0.25) is 5.02 Å². The van der Waals surface area contributed by atoms with E-state index >= 15 is 0 Å². The number of ketones is 1. The second-order valence-electron chi connectivity index (χ2n) is 6.60. The molecule has 13 heteroatoms. The molecule has 3 rings (SSSR count). The fourth-order valence-electron chi connectivity index (χ4n) is 2.86. The molecule has 168 valence electrons. The van der Waals surface area contributed by atoms with Crippen LogP contribution in [0.15, 0.2) is 55.6 Å². The van der Waals surface area contributed by atoms with Gasteiger partial charge in [0.15, 0.2) is 5.78 Å². The smallest absolute Gasteiger partial charge is 0.310 e. The van der Waals surface area contributed by atoms with Crippen LogP contribution < -0.4 is 5.43 Å². The van der Waals surface area contributed by atoms with Gasteiger partial charge in [-0.15, -0.1) is 0 Å². The van der Waals surface area contributed by atoms with Crippen molar-refractivity contribution in [1.82, 2.24) is 4.98 Å². The summed E-state index contributed by atoms with van der Waals surface area (Å²) in [4.78, 5) is 25.6. The van der Waals surface area contributed by atoms with Gasteiger partial charge in [-0.25, -0.2) is 0 Å². The zero-order valence-corrected chi connectivity index (χ0v) is 19.3. The van der Waals surface area contributed by atoms with Crippen molar-refractivity contribution >= 4 is 65.2 Å². The van der Waals surface area contributed by atoms with Gasteiger partial charge in [-0.3, -0.25) is 13.8 Å². The maximum Gasteiger partial charge on any atom is 0.310 e. The summed E-state index contributed by atoms with van der Waals surface area (Å²) in [5.74, 6) is -1.13. The zero-order chi connectivity index (χ0) is 23.4. The Kier molecular flexibility index (Phi) is 5.49. The molecule has 1 atom stereocenters. The maximum absolute atomic E-state index is 12.9. The SMILES string of the molecule is CC(=O)c1c(S(=O)Cc2ccc(S(F)(F)(F)(F)F)cc2)[nH]c2c(Br)ccc(Cl)c2c1=O. The number of benzene rings is 2. The van der Waals surface area contributed by atoms with Gasteiger partial charge in [-0.2, -0.15) is 0 Å². The summed E-state index contributed by atoms with van der Waals surface area (Å²) in [6.07, 6.45) is 0. The van der Waals surface area contributed by atoms with Crippen molar-refractivity contribution in [3.8, 4) is 0 Å². The number of rotatable bonds is 5. The molecule has 0 aliphatic carbocycles. The van der Waals surface area contributed by atoms with Crippen LogP contribution in [0.4, 0.5) is 19.4 Å². The summed E-state index contributed by atoms with van der Waals surface area (Å²) >= 11 is 9.30. The normalized spacial score (nSPS) is 15.4. The minimum atomic E-state index is -9.83. The van der Waals surface area contributed by atoms with E-state index in [2.05, 4.69) is 20.9 Å². The Morgan fingerprint density at radius 1 is 1.10 bits per heavy atom. The highest BCUT2D eigenvalue weighted by Gasteiger charge is 2.65. The van der Waals surface area contributed by atoms with E-state index in [1.807, 2.05) is 0 Å². The summed E-state index contributed by atoms with van der Waals surface area (Å²) in [5, 5.41) is -0.183. The summed E-state index contributed by atoms with van der Waals surface area (Å²) < 4.78 is 77.6. The molecule has 31 heavy (non-hydrogen) atoms. The summed E-state index contributed by atoms with van der Waals surface area (Å²) in [7, 11) is -11.9. The van der Waals surface area contributed by atoms with Gasteiger partial charge in [0.1, 0.15) is 9.92 Å². The molecule has 0 saturated carbocycles. The van der Waals surface area contributed by atoms with Crippen LogP contribution in [0, 0.1) is 0 Å². The van der Waals surface area contributed by atoms with E-state index in [1.165, 1.54) is 12.1 Å². The third kappa shape index (κ3) is 4.86. The van der Waals surface area contributed by atoms with E-state index in [4.69, 9.17) is 11.6 Å². The molecule has 0 fully saturated rings. The molecule has 1 heterocycles. The van der Waals surface area contributed by atoms with Gasteiger partial charge < -0.3 is 4.98 Å². The van der Waals surface area contributed by atoms with Gasteiger partial charge in [0, 0.05) is 4.47 Å². The molecule has 0 saturated heterocycles. The highest BCUT2D eigenvalue weighted by atomic mass is 79.9. The first-order chi connectivity index (χ1) is 14.0. The van der Waals surface area contributed by atoms with Crippen molar-refractivity contribution in [2.75, 3.05) is 0 Å². The number of aromatic nitrogens is 1. The van der Waals surface area contributed by atoms with Crippen LogP contribution in [-0.4, -0.2) is 15.0 Å². The van der Waals surface area contributed by atoms with Crippen LogP contribution in [0.3, 0.4) is 0 Å². The first kappa shape index (κ1) is 23.9. The predicted molar refractivity (Wildman–Crippen MR) is 115 cm³/mol. The van der Waals surface area contributed by atoms with Gasteiger partial charge in [-0.05, 0) is 52.7 Å². The maximum atomic E-state index is 12.9. The van der Waals surface area contributed by atoms with Crippen LogP contribution >= 0.6 is 37.8 Å². The van der Waals surface area contributed by atoms with Gasteiger partial charge >= 0.3 is 10.2 Å². The molecule has 0 spiro atoms. The van der Waals surface area contributed by atoms with Crippen LogP contribution in [0.25, 0.3) is 10.9 Å². The number of nitrogens with one attached hydrogen (secondary N) is 1. The molecule has 2 aromatic carbocycles. The Hall–Kier alpha value is -1.76. The lowest BCUT2D eigenvalue weighted by Gasteiger charge is -2.40. The number of carbonyl (C=O) groups excluding carboxylic acids is 1. The number of hydrogen-bond acceptors (Lipinski definition) is 3. The van der Waals surface area contributed by atoms with Crippen molar-refractivity contribution in [1.29, 1.82) is 0 Å². The number of Topliss-reactive ketones (excluding diaryl/α,β-unsaturated/α-hetero) is 1. The van der Waals surface area contributed by atoms with Gasteiger partial charge in [0.05, 0.1) is 38.0 Å². The summed E-state index contributed by atoms with van der Waals surface area (Å²) in [6.45, 7) is 1.09. The molecule has 0 aliphatic heterocycles. The Balaban J connectivity index is 2.09. The molecular weight excluding hydrogens is 553 g/mol. The van der Waals surface area contributed by atoms with E-state index in [0.717, 1.165) is 19.1 Å². The van der Waals surface area contributed by atoms with Crippen molar-refractivity contribution in [2.45, 2.75) is 22.6 Å². The molecule has 1 N–H and O–H groups in total. The highest BCUT2D eigenvalue weighted by molar-refractivity contribution is 9.10. The lowest BCUT2D eigenvalue weighted by atomic mass is 10.1. The minimum absolute atomic E-state index is 0.00206. The first-order valence-electron chi connectivity index (χ1n) is 8.26. The van der Waals surface area contributed by atoms with Gasteiger partial charge in [0.2, 0.25) is 5.43 Å². The fourth-order valence-corrected chi connectivity index (χ4v) is 5.50. The Morgan fingerprint density at radius 2 is 1.68 bits per heavy atom. The Labute approximate surface area is 188 Å². The monoisotopic (exact) mass is 563 g/mol. The number of halogens is 7. The number of carbonyl (C=O) groups is 1. The van der Waals surface area contributed by atoms with E-state index < -0.39 is 48.4 Å². The Bertz CT molecular complexity index is 1330. The molecule has 0 radical (unpaired) electrons. The van der Waals surface area contributed by atoms with Gasteiger partial charge in [0.25, 0.3) is 0 Å². The Morgan fingerprint density at radius 3 is 2.19 bits per heavy atom. The lowest BCUT2D eigenvalue weighted by Crippen LogP contribution is -2.20. The quantitative estimate of drug-likeness (QED) is 0.265. The van der Waals surface area contributed by atoms with E-state index in [9.17, 15) is 33.2 Å². The molecule has 0 amide bonds. The molecule has 4 nitrogen and oxygen atoms in total. The largest absolute Gasteiger partial charge is 0.346 e. The van der Waals surface area contributed by atoms with E-state index in [1.54, 1.807) is 0 Å². The van der Waals surface area contributed by atoms with Crippen molar-refractivity contribution in [2.24, 2.45) is 0 Å². The summed E-state index contributed by atoms with van der Waals surface area (Å²) in [5.41, 5.74) is -0.951. The fraction of sp³-hybridized carbons (Fsp3) is 0.111. The standard InChI is InChI=1S/C18H12BrClF5NO3S2/c1-9(27)14-17(28)15-13(20)7-6-12(19)16(15)26-18(14)30(29)8-10-2-4-11(5-3-10)31(21,22,23,24)25/h2-7H,8H2,1H3,(H,26,28). The van der Waals surface area contributed by atoms with E-state index in [-0.39, 0.29) is 38.6 Å². The van der Waals surface area contributed by atoms with Crippen molar-refractivity contribution < 1.29 is 28.4 Å². The van der Waals surface area contributed by atoms with E-state index in [0.29, 0.717) is 4.47 Å². The first-order valence-corrected chi connectivity index (χ1v) is 12.7. The minimum Gasteiger partial charge on any atom is -0.346 e. The highest BCUT2D eigenvalue weighted by Crippen LogP contribution is 3.02. The molecule has 3 aromatic rings. The predicted octanol–water partition coefficient (Wildman–Crippen LogP) is 7.11. The number of H-pyrrole nitrogens is 1. The third-order valence-corrected chi connectivity index (χ3v) is 7.77. The van der Waals surface area contributed by atoms with Gasteiger partial charge in [-0.1, -0.05) is 43.2 Å². The molecular formula is C18H12BrClF5NO3S2. The number of fused-ring (bicyclic) bond motifs is 1. The summed E-state index contributed by atoms with van der Waals surface area (Å²) in [6, 6.07) is 4.91. The average Bonchev–Trinajstić information content (AvgIpc) is 2.62. The molecule has 0 bridgehead atoms. The topological polar surface area (TPSA) is 67.0 Å². The third-order valence-electron chi connectivity index (χ3n) is 4.27. The molecule has 1 aromatic heterocycles. The average molecular weight is 565 g/mol. The zero-order valence-electron chi connectivity index (χ0n) is 15.4. The van der Waals surface area contributed by atoms with Crippen molar-refractivity contribution in [3.63, 3.8) is 0 Å². The molecule has 1 unspecified atom stereocenters. The second kappa shape index (κ2) is 7.12. The van der Waals surface area contributed by atoms with Crippen molar-refractivity contribution in [3.05, 3.63) is 67.2 Å². The number of hydrogen-bond donors (Lipinski definition) is 1. The molecule has 0 aliphatic rings. The van der Waals surface area contributed by atoms with Crippen LogP contribution in [0.5, 0.6) is 0 Å². The number of aromatic amines is 1. The van der Waals surface area contributed by atoms with Crippen LogP contribution in [-0.2, 0) is 16.6 Å².